The average molecular weight is 181 g/mol. The number of hydrogen-bond donors (Lipinski definition) is 1. The molecule has 0 fully saturated rings. The maximum absolute atomic E-state index is 11.0. The van der Waals surface area contributed by atoms with Gasteiger partial charge in [0.2, 0.25) is 5.91 Å². The van der Waals surface area contributed by atoms with E-state index in [1.807, 2.05) is 11.4 Å². The fourth-order valence-corrected chi connectivity index (χ4v) is 2.77. The van der Waals surface area contributed by atoms with Crippen molar-refractivity contribution < 1.29 is 4.79 Å². The molecular weight excluding hydrogens is 170 g/mol. The molecule has 3 heteroatoms. The SMILES string of the molecule is NC(=O)[C@@H]1CCCc2sccc21. The lowest BCUT2D eigenvalue weighted by molar-refractivity contribution is -0.119. The zero-order valence-electron chi connectivity index (χ0n) is 6.75. The Morgan fingerprint density at radius 3 is 3.25 bits per heavy atom. The van der Waals surface area contributed by atoms with Gasteiger partial charge in [0.05, 0.1) is 5.92 Å². The van der Waals surface area contributed by atoms with Gasteiger partial charge in [-0.15, -0.1) is 11.3 Å². The Bertz CT molecular complexity index is 305. The minimum absolute atomic E-state index is 0.0139. The van der Waals surface area contributed by atoms with Gasteiger partial charge in [-0.3, -0.25) is 4.79 Å². The molecule has 12 heavy (non-hydrogen) atoms. The normalized spacial score (nSPS) is 21.8. The smallest absolute Gasteiger partial charge is 0.225 e. The third-order valence-corrected chi connectivity index (χ3v) is 3.39. The van der Waals surface area contributed by atoms with Crippen molar-refractivity contribution in [2.75, 3.05) is 0 Å². The molecule has 0 saturated carbocycles. The van der Waals surface area contributed by atoms with Crippen LogP contribution < -0.4 is 5.73 Å². The summed E-state index contributed by atoms with van der Waals surface area (Å²) in [6.45, 7) is 0. The molecule has 2 N–H and O–H groups in total. The van der Waals surface area contributed by atoms with Crippen molar-refractivity contribution >= 4 is 17.2 Å². The molecule has 0 aliphatic heterocycles. The molecule has 1 aromatic rings. The number of thiophene rings is 1. The quantitative estimate of drug-likeness (QED) is 0.703. The minimum Gasteiger partial charge on any atom is -0.369 e. The van der Waals surface area contributed by atoms with Crippen LogP contribution in [0.2, 0.25) is 0 Å². The van der Waals surface area contributed by atoms with Crippen molar-refractivity contribution in [1.29, 1.82) is 0 Å². The third kappa shape index (κ3) is 1.14. The van der Waals surface area contributed by atoms with Crippen LogP contribution in [-0.4, -0.2) is 5.91 Å². The fourth-order valence-electron chi connectivity index (χ4n) is 1.78. The lowest BCUT2D eigenvalue weighted by Gasteiger charge is -2.18. The van der Waals surface area contributed by atoms with Crippen LogP contribution in [0, 0.1) is 0 Å². The van der Waals surface area contributed by atoms with Crippen molar-refractivity contribution in [2.45, 2.75) is 25.2 Å². The van der Waals surface area contributed by atoms with Crippen LogP contribution in [0.15, 0.2) is 11.4 Å². The van der Waals surface area contributed by atoms with E-state index >= 15 is 0 Å². The van der Waals surface area contributed by atoms with E-state index in [4.69, 9.17) is 5.73 Å². The number of aryl methyl sites for hydroxylation is 1. The summed E-state index contributed by atoms with van der Waals surface area (Å²) in [5.41, 5.74) is 6.49. The van der Waals surface area contributed by atoms with Gasteiger partial charge in [-0.2, -0.15) is 0 Å². The molecule has 1 aliphatic rings. The maximum atomic E-state index is 11.0. The van der Waals surface area contributed by atoms with Gasteiger partial charge in [0.15, 0.2) is 0 Å². The standard InChI is InChI=1S/C9H11NOS/c10-9(11)7-2-1-3-8-6(7)4-5-12-8/h4-5,7H,1-3H2,(H2,10,11)/t7-/m1/s1. The summed E-state index contributed by atoms with van der Waals surface area (Å²) in [6.07, 6.45) is 3.15. The van der Waals surface area contributed by atoms with E-state index in [0.29, 0.717) is 0 Å². The van der Waals surface area contributed by atoms with Crippen LogP contribution >= 0.6 is 11.3 Å². The predicted octanol–water partition coefficient (Wildman–Crippen LogP) is 1.65. The lowest BCUT2D eigenvalue weighted by Crippen LogP contribution is -2.23. The van der Waals surface area contributed by atoms with E-state index in [-0.39, 0.29) is 11.8 Å². The average Bonchev–Trinajstić information content (AvgIpc) is 2.49. The van der Waals surface area contributed by atoms with Gasteiger partial charge >= 0.3 is 0 Å². The Morgan fingerprint density at radius 1 is 1.67 bits per heavy atom. The summed E-state index contributed by atoms with van der Waals surface area (Å²) in [4.78, 5) is 12.4. The highest BCUT2D eigenvalue weighted by Crippen LogP contribution is 2.34. The molecule has 1 amide bonds. The van der Waals surface area contributed by atoms with Crippen molar-refractivity contribution in [3.8, 4) is 0 Å². The zero-order valence-corrected chi connectivity index (χ0v) is 7.56. The summed E-state index contributed by atoms with van der Waals surface area (Å²) >= 11 is 1.74. The molecule has 2 nitrogen and oxygen atoms in total. The van der Waals surface area contributed by atoms with Gasteiger partial charge in [-0.1, -0.05) is 0 Å². The molecule has 1 aromatic heterocycles. The fraction of sp³-hybridized carbons (Fsp3) is 0.444. The van der Waals surface area contributed by atoms with E-state index in [9.17, 15) is 4.79 Å². The summed E-state index contributed by atoms with van der Waals surface area (Å²) in [5, 5.41) is 2.05. The van der Waals surface area contributed by atoms with E-state index in [0.717, 1.165) is 19.3 Å². The number of carbonyl (C=O) groups excluding carboxylic acids is 1. The molecule has 0 bridgehead atoms. The molecule has 2 rings (SSSR count). The predicted molar refractivity (Wildman–Crippen MR) is 49.2 cm³/mol. The Morgan fingerprint density at radius 2 is 2.50 bits per heavy atom. The van der Waals surface area contributed by atoms with Crippen molar-refractivity contribution in [2.24, 2.45) is 5.73 Å². The van der Waals surface area contributed by atoms with Crippen LogP contribution in [0.3, 0.4) is 0 Å². The molecule has 1 atom stereocenters. The summed E-state index contributed by atoms with van der Waals surface area (Å²) in [7, 11) is 0. The van der Waals surface area contributed by atoms with Crippen molar-refractivity contribution in [3.63, 3.8) is 0 Å². The first-order valence-corrected chi connectivity index (χ1v) is 5.02. The number of nitrogens with two attached hydrogens (primary N) is 1. The Kier molecular flexibility index (Phi) is 1.89. The molecule has 0 saturated heterocycles. The van der Waals surface area contributed by atoms with Crippen molar-refractivity contribution in [3.05, 3.63) is 21.9 Å². The van der Waals surface area contributed by atoms with E-state index in [2.05, 4.69) is 0 Å². The topological polar surface area (TPSA) is 43.1 Å². The first-order chi connectivity index (χ1) is 5.79. The van der Waals surface area contributed by atoms with E-state index in [1.54, 1.807) is 11.3 Å². The maximum Gasteiger partial charge on any atom is 0.225 e. The number of primary amides is 1. The highest BCUT2D eigenvalue weighted by molar-refractivity contribution is 7.10. The van der Waals surface area contributed by atoms with Crippen LogP contribution in [0.1, 0.15) is 29.2 Å². The molecule has 1 aliphatic carbocycles. The van der Waals surface area contributed by atoms with Gasteiger partial charge in [-0.05, 0) is 36.3 Å². The molecule has 64 valence electrons. The molecule has 0 unspecified atom stereocenters. The first-order valence-electron chi connectivity index (χ1n) is 4.14. The number of fused-ring (bicyclic) bond motifs is 1. The zero-order chi connectivity index (χ0) is 8.55. The van der Waals surface area contributed by atoms with Crippen LogP contribution in [0.25, 0.3) is 0 Å². The van der Waals surface area contributed by atoms with Crippen LogP contribution in [-0.2, 0) is 11.2 Å². The molecular formula is C9H11NOS. The first kappa shape index (κ1) is 7.80. The Balaban J connectivity index is 2.37. The number of amides is 1. The second kappa shape index (κ2) is 2.90. The number of hydrogen-bond acceptors (Lipinski definition) is 2. The Labute approximate surface area is 75.4 Å². The summed E-state index contributed by atoms with van der Waals surface area (Å²) in [6, 6.07) is 2.04. The van der Waals surface area contributed by atoms with E-state index < -0.39 is 0 Å². The second-order valence-corrected chi connectivity index (χ2v) is 4.15. The van der Waals surface area contributed by atoms with Gasteiger partial charge < -0.3 is 5.73 Å². The number of rotatable bonds is 1. The third-order valence-electron chi connectivity index (χ3n) is 2.40. The highest BCUT2D eigenvalue weighted by Gasteiger charge is 2.24. The second-order valence-electron chi connectivity index (χ2n) is 3.15. The molecule has 0 aromatic carbocycles. The largest absolute Gasteiger partial charge is 0.369 e. The highest BCUT2D eigenvalue weighted by atomic mass is 32.1. The lowest BCUT2D eigenvalue weighted by atomic mass is 9.87. The monoisotopic (exact) mass is 181 g/mol. The van der Waals surface area contributed by atoms with Gasteiger partial charge in [-0.25, -0.2) is 0 Å². The number of carbonyl (C=O) groups is 1. The minimum atomic E-state index is -0.172. The molecule has 1 heterocycles. The molecule has 0 radical (unpaired) electrons. The van der Waals surface area contributed by atoms with Gasteiger partial charge in [0, 0.05) is 4.88 Å². The van der Waals surface area contributed by atoms with Crippen LogP contribution in [0.5, 0.6) is 0 Å². The van der Waals surface area contributed by atoms with Gasteiger partial charge in [0.1, 0.15) is 0 Å². The van der Waals surface area contributed by atoms with Crippen molar-refractivity contribution in [1.82, 2.24) is 0 Å². The molecule has 0 spiro atoms. The van der Waals surface area contributed by atoms with Gasteiger partial charge in [0.25, 0.3) is 0 Å². The van der Waals surface area contributed by atoms with E-state index in [1.165, 1.54) is 10.4 Å². The Hall–Kier alpha value is -0.830. The summed E-state index contributed by atoms with van der Waals surface area (Å²) < 4.78 is 0. The summed E-state index contributed by atoms with van der Waals surface area (Å²) in [5.74, 6) is -0.186. The van der Waals surface area contributed by atoms with Crippen LogP contribution in [0.4, 0.5) is 0 Å².